The summed E-state index contributed by atoms with van der Waals surface area (Å²) in [6, 6.07) is 8.73. The molecule has 3 heterocycles. The van der Waals surface area contributed by atoms with Crippen LogP contribution in [0, 0.1) is 5.82 Å². The quantitative estimate of drug-likeness (QED) is 0.569. The molecule has 0 unspecified atom stereocenters. The molecule has 0 saturated carbocycles. The number of aryl methyl sites for hydroxylation is 2. The lowest BCUT2D eigenvalue weighted by atomic mass is 10.2. The smallest absolute Gasteiger partial charge is 0.257 e. The molecular weight excluding hydrogens is 411 g/mol. The van der Waals surface area contributed by atoms with Crippen molar-refractivity contribution in [1.82, 2.24) is 19.0 Å². The topological polar surface area (TPSA) is 98.3 Å². The molecule has 0 radical (unpaired) electrons. The number of sulfonamides is 1. The second-order valence-corrected chi connectivity index (χ2v) is 9.01. The minimum Gasteiger partial charge on any atom is -0.334 e. The molecule has 0 atom stereocenters. The van der Waals surface area contributed by atoms with Crippen LogP contribution in [0.15, 0.2) is 56.8 Å². The Bertz CT molecular complexity index is 1200. The predicted octanol–water partition coefficient (Wildman–Crippen LogP) is 2.45. The summed E-state index contributed by atoms with van der Waals surface area (Å²) in [4.78, 5) is 15.6. The molecule has 30 heavy (non-hydrogen) atoms. The van der Waals surface area contributed by atoms with Gasteiger partial charge in [-0.15, -0.1) is 0 Å². The SMILES string of the molecule is O=c1ccccn1CCCc1noc(-c2ccc(F)c(S(=O)(=O)N3CCCC3)c2)n1. The van der Waals surface area contributed by atoms with Crippen molar-refractivity contribution >= 4 is 10.0 Å². The van der Waals surface area contributed by atoms with Gasteiger partial charge in [0, 0.05) is 43.9 Å². The van der Waals surface area contributed by atoms with Gasteiger partial charge in [-0.05, 0) is 43.5 Å². The van der Waals surface area contributed by atoms with Crippen LogP contribution >= 0.6 is 0 Å². The highest BCUT2D eigenvalue weighted by Gasteiger charge is 2.30. The van der Waals surface area contributed by atoms with Crippen molar-refractivity contribution in [1.29, 1.82) is 0 Å². The minimum atomic E-state index is -3.91. The summed E-state index contributed by atoms with van der Waals surface area (Å²) in [6.45, 7) is 1.29. The number of nitrogens with zero attached hydrogens (tertiary/aromatic N) is 4. The average Bonchev–Trinajstić information content (AvgIpc) is 3.42. The highest BCUT2D eigenvalue weighted by Crippen LogP contribution is 2.27. The molecule has 1 aliphatic heterocycles. The molecular formula is C20H21FN4O4S. The Morgan fingerprint density at radius 1 is 1.13 bits per heavy atom. The maximum absolute atomic E-state index is 14.3. The first-order valence-electron chi connectivity index (χ1n) is 9.73. The monoisotopic (exact) mass is 432 g/mol. The number of aromatic nitrogens is 3. The van der Waals surface area contributed by atoms with Gasteiger partial charge >= 0.3 is 0 Å². The molecule has 0 amide bonds. The van der Waals surface area contributed by atoms with Crippen LogP contribution in [-0.4, -0.2) is 40.5 Å². The van der Waals surface area contributed by atoms with E-state index < -0.39 is 15.8 Å². The van der Waals surface area contributed by atoms with E-state index >= 15 is 0 Å². The average molecular weight is 432 g/mol. The van der Waals surface area contributed by atoms with Crippen molar-refractivity contribution in [2.24, 2.45) is 0 Å². The molecule has 1 saturated heterocycles. The minimum absolute atomic E-state index is 0.0793. The molecule has 158 valence electrons. The van der Waals surface area contributed by atoms with Gasteiger partial charge in [0.05, 0.1) is 0 Å². The molecule has 3 aromatic rings. The Balaban J connectivity index is 1.49. The Morgan fingerprint density at radius 2 is 1.93 bits per heavy atom. The molecule has 0 bridgehead atoms. The molecule has 10 heteroatoms. The maximum Gasteiger partial charge on any atom is 0.257 e. The van der Waals surface area contributed by atoms with Crippen molar-refractivity contribution < 1.29 is 17.3 Å². The molecule has 8 nitrogen and oxygen atoms in total. The summed E-state index contributed by atoms with van der Waals surface area (Å²) in [5, 5.41) is 3.91. The number of pyridine rings is 1. The third kappa shape index (κ3) is 4.19. The van der Waals surface area contributed by atoms with Crippen molar-refractivity contribution in [2.75, 3.05) is 13.1 Å². The third-order valence-electron chi connectivity index (χ3n) is 5.03. The highest BCUT2D eigenvalue weighted by molar-refractivity contribution is 7.89. The van der Waals surface area contributed by atoms with Crippen molar-refractivity contribution in [3.8, 4) is 11.5 Å². The van der Waals surface area contributed by atoms with Gasteiger partial charge in [-0.2, -0.15) is 9.29 Å². The summed E-state index contributed by atoms with van der Waals surface area (Å²) in [5.74, 6) is -0.249. The largest absolute Gasteiger partial charge is 0.334 e. The van der Waals surface area contributed by atoms with Gasteiger partial charge in [-0.25, -0.2) is 12.8 Å². The first-order chi connectivity index (χ1) is 14.4. The second-order valence-electron chi connectivity index (χ2n) is 7.11. The molecule has 2 aromatic heterocycles. The summed E-state index contributed by atoms with van der Waals surface area (Å²) in [5.41, 5.74) is 0.261. The van der Waals surface area contributed by atoms with E-state index in [2.05, 4.69) is 10.1 Å². The Hall–Kier alpha value is -2.85. The highest BCUT2D eigenvalue weighted by atomic mass is 32.2. The van der Waals surface area contributed by atoms with E-state index in [1.165, 1.54) is 22.5 Å². The zero-order valence-corrected chi connectivity index (χ0v) is 17.0. The van der Waals surface area contributed by atoms with Gasteiger partial charge in [-0.3, -0.25) is 4.79 Å². The molecule has 0 spiro atoms. The van der Waals surface area contributed by atoms with E-state index in [0.29, 0.717) is 43.9 Å². The Labute approximate surface area is 173 Å². The number of hydrogen-bond donors (Lipinski definition) is 0. The van der Waals surface area contributed by atoms with Crippen LogP contribution in [0.25, 0.3) is 11.5 Å². The van der Waals surface area contributed by atoms with Crippen LogP contribution in [0.1, 0.15) is 25.1 Å². The Morgan fingerprint density at radius 3 is 2.70 bits per heavy atom. The van der Waals surface area contributed by atoms with Crippen molar-refractivity contribution in [2.45, 2.75) is 37.1 Å². The van der Waals surface area contributed by atoms with E-state index in [9.17, 15) is 17.6 Å². The standard InChI is InChI=1S/C20H21FN4O4S/c21-16-9-8-15(14-17(16)30(27,28)25-12-3-4-13-25)20-22-18(23-29-20)6-5-11-24-10-2-1-7-19(24)26/h1-2,7-10,14H,3-6,11-13H2. The molecule has 1 aliphatic rings. The van der Waals surface area contributed by atoms with E-state index in [0.717, 1.165) is 18.9 Å². The zero-order valence-electron chi connectivity index (χ0n) is 16.2. The van der Waals surface area contributed by atoms with Crippen LogP contribution in [0.4, 0.5) is 4.39 Å². The summed E-state index contributed by atoms with van der Waals surface area (Å²) in [7, 11) is -3.91. The van der Waals surface area contributed by atoms with Crippen LogP contribution in [0.3, 0.4) is 0 Å². The fourth-order valence-electron chi connectivity index (χ4n) is 3.43. The zero-order chi connectivity index (χ0) is 21.1. The third-order valence-corrected chi connectivity index (χ3v) is 6.94. The van der Waals surface area contributed by atoms with Gasteiger partial charge in [0.1, 0.15) is 10.7 Å². The number of benzene rings is 1. The van der Waals surface area contributed by atoms with Crippen molar-refractivity contribution in [3.05, 3.63) is 64.6 Å². The molecule has 4 rings (SSSR count). The molecule has 1 fully saturated rings. The number of halogens is 1. The van der Waals surface area contributed by atoms with Crippen molar-refractivity contribution in [3.63, 3.8) is 0 Å². The Kier molecular flexibility index (Phi) is 5.78. The van der Waals surface area contributed by atoms with E-state index in [1.54, 1.807) is 22.9 Å². The lowest BCUT2D eigenvalue weighted by molar-refractivity contribution is 0.420. The van der Waals surface area contributed by atoms with E-state index in [-0.39, 0.29) is 16.3 Å². The maximum atomic E-state index is 14.3. The normalized spacial score (nSPS) is 15.0. The van der Waals surface area contributed by atoms with Gasteiger partial charge in [0.25, 0.3) is 5.89 Å². The van der Waals surface area contributed by atoms with Gasteiger partial charge < -0.3 is 9.09 Å². The fourth-order valence-corrected chi connectivity index (χ4v) is 5.03. The molecule has 1 aromatic carbocycles. The van der Waals surface area contributed by atoms with E-state index in [1.807, 2.05) is 0 Å². The van der Waals surface area contributed by atoms with Crippen LogP contribution < -0.4 is 5.56 Å². The van der Waals surface area contributed by atoms with Gasteiger partial charge in [-0.1, -0.05) is 11.2 Å². The van der Waals surface area contributed by atoms with E-state index in [4.69, 9.17) is 4.52 Å². The van der Waals surface area contributed by atoms with Gasteiger partial charge in [0.2, 0.25) is 15.6 Å². The molecule has 0 N–H and O–H groups in total. The number of rotatable bonds is 7. The second kappa shape index (κ2) is 8.49. The first-order valence-corrected chi connectivity index (χ1v) is 11.2. The van der Waals surface area contributed by atoms with Gasteiger partial charge in [0.15, 0.2) is 5.82 Å². The summed E-state index contributed by atoms with van der Waals surface area (Å²) in [6.07, 6.45) is 4.35. The lowest BCUT2D eigenvalue weighted by Crippen LogP contribution is -2.28. The van der Waals surface area contributed by atoms with Crippen LogP contribution in [0.2, 0.25) is 0 Å². The predicted molar refractivity (Wildman–Crippen MR) is 107 cm³/mol. The summed E-state index contributed by atoms with van der Waals surface area (Å²) >= 11 is 0. The lowest BCUT2D eigenvalue weighted by Gasteiger charge is -2.16. The number of hydrogen-bond acceptors (Lipinski definition) is 6. The molecule has 0 aliphatic carbocycles. The van der Waals surface area contributed by atoms with Crippen LogP contribution in [-0.2, 0) is 23.0 Å². The van der Waals surface area contributed by atoms with Crippen LogP contribution in [0.5, 0.6) is 0 Å². The summed E-state index contributed by atoms with van der Waals surface area (Å²) < 4.78 is 47.9. The fraction of sp³-hybridized carbons (Fsp3) is 0.350. The first kappa shape index (κ1) is 20.4.